The zero-order valence-corrected chi connectivity index (χ0v) is 9.76. The topological polar surface area (TPSA) is 21.3 Å². The number of benzene rings is 1. The molecule has 2 nitrogen and oxygen atoms in total. The molecule has 1 unspecified atom stereocenters. The van der Waals surface area contributed by atoms with E-state index >= 15 is 0 Å². The van der Waals surface area contributed by atoms with E-state index in [0.29, 0.717) is 12.8 Å². The normalized spacial score (nSPS) is 20.9. The molecule has 0 saturated carbocycles. The van der Waals surface area contributed by atoms with Gasteiger partial charge in [-0.2, -0.15) is 0 Å². The first-order chi connectivity index (χ1) is 7.16. The second-order valence-corrected chi connectivity index (χ2v) is 4.47. The predicted molar refractivity (Wildman–Crippen MR) is 62.1 cm³/mol. The molecule has 1 aliphatic heterocycles. The van der Waals surface area contributed by atoms with Gasteiger partial charge >= 0.3 is 0 Å². The van der Waals surface area contributed by atoms with E-state index < -0.39 is 0 Å². The Kier molecular flexibility index (Phi) is 3.08. The number of nitrogens with one attached hydrogen (secondary N) is 1. The summed E-state index contributed by atoms with van der Waals surface area (Å²) < 4.78 is 5.59. The van der Waals surface area contributed by atoms with Gasteiger partial charge in [-0.15, -0.1) is 0 Å². The van der Waals surface area contributed by atoms with E-state index in [1.54, 1.807) is 0 Å². The van der Waals surface area contributed by atoms with Crippen LogP contribution in [0.25, 0.3) is 0 Å². The predicted octanol–water partition coefficient (Wildman–Crippen LogP) is 2.10. The summed E-state index contributed by atoms with van der Waals surface area (Å²) >= 11 is 0. The van der Waals surface area contributed by atoms with Gasteiger partial charge in [0, 0.05) is 13.0 Å². The highest BCUT2D eigenvalue weighted by molar-refractivity contribution is 5.37. The lowest BCUT2D eigenvalue weighted by Gasteiger charge is -2.14. The highest BCUT2D eigenvalue weighted by Gasteiger charge is 2.17. The standard InChI is InChI=1S/C13H19NO/c1-9-4-10(2)13(11(3)5-9)6-12-7-14-8-15-12/h4-5,12,14H,6-8H2,1-3H3. The summed E-state index contributed by atoms with van der Waals surface area (Å²) in [6, 6.07) is 4.51. The van der Waals surface area contributed by atoms with Gasteiger partial charge in [0.05, 0.1) is 12.8 Å². The number of ether oxygens (including phenoxy) is 1. The second kappa shape index (κ2) is 4.33. The molecule has 1 heterocycles. The smallest absolute Gasteiger partial charge is 0.0970 e. The van der Waals surface area contributed by atoms with Crippen molar-refractivity contribution < 1.29 is 4.74 Å². The maximum Gasteiger partial charge on any atom is 0.0970 e. The van der Waals surface area contributed by atoms with Crippen molar-refractivity contribution in [3.8, 4) is 0 Å². The summed E-state index contributed by atoms with van der Waals surface area (Å²) in [5.74, 6) is 0. The molecule has 0 spiro atoms. The van der Waals surface area contributed by atoms with Crippen molar-refractivity contribution in [1.29, 1.82) is 0 Å². The molecule has 1 atom stereocenters. The van der Waals surface area contributed by atoms with Crippen LogP contribution in [0, 0.1) is 20.8 Å². The van der Waals surface area contributed by atoms with Gasteiger partial charge in [-0.05, 0) is 37.5 Å². The van der Waals surface area contributed by atoms with Gasteiger partial charge in [0.15, 0.2) is 0 Å². The Hall–Kier alpha value is -0.860. The van der Waals surface area contributed by atoms with Crippen molar-refractivity contribution >= 4 is 0 Å². The second-order valence-electron chi connectivity index (χ2n) is 4.47. The maximum atomic E-state index is 5.59. The highest BCUT2D eigenvalue weighted by Crippen LogP contribution is 2.19. The molecule has 1 fully saturated rings. The minimum atomic E-state index is 0.352. The van der Waals surface area contributed by atoms with Crippen LogP contribution < -0.4 is 5.32 Å². The summed E-state index contributed by atoms with van der Waals surface area (Å²) in [7, 11) is 0. The van der Waals surface area contributed by atoms with Gasteiger partial charge in [0.2, 0.25) is 0 Å². The van der Waals surface area contributed by atoms with Crippen molar-refractivity contribution in [2.24, 2.45) is 0 Å². The van der Waals surface area contributed by atoms with Crippen LogP contribution in [0.15, 0.2) is 12.1 Å². The summed E-state index contributed by atoms with van der Waals surface area (Å²) in [4.78, 5) is 0. The van der Waals surface area contributed by atoms with Gasteiger partial charge in [-0.25, -0.2) is 0 Å². The molecule has 1 N–H and O–H groups in total. The molecule has 1 aliphatic rings. The summed E-state index contributed by atoms with van der Waals surface area (Å²) in [5, 5.41) is 3.22. The van der Waals surface area contributed by atoms with Crippen molar-refractivity contribution in [1.82, 2.24) is 5.32 Å². The van der Waals surface area contributed by atoms with Gasteiger partial charge in [-0.3, -0.25) is 5.32 Å². The van der Waals surface area contributed by atoms with Crippen LogP contribution in [0.1, 0.15) is 22.3 Å². The van der Waals surface area contributed by atoms with Gasteiger partial charge < -0.3 is 4.74 Å². The van der Waals surface area contributed by atoms with Gasteiger partial charge in [0.25, 0.3) is 0 Å². The van der Waals surface area contributed by atoms with Crippen LogP contribution in [-0.4, -0.2) is 19.4 Å². The average Bonchev–Trinajstić information content (AvgIpc) is 2.63. The summed E-state index contributed by atoms with van der Waals surface area (Å²) in [6.45, 7) is 8.22. The van der Waals surface area contributed by atoms with Crippen LogP contribution in [0.3, 0.4) is 0 Å². The largest absolute Gasteiger partial charge is 0.361 e. The van der Waals surface area contributed by atoms with Crippen molar-refractivity contribution in [2.75, 3.05) is 13.3 Å². The van der Waals surface area contributed by atoms with E-state index in [4.69, 9.17) is 4.74 Å². The van der Waals surface area contributed by atoms with E-state index in [-0.39, 0.29) is 0 Å². The molecule has 0 radical (unpaired) electrons. The first-order valence-electron chi connectivity index (χ1n) is 5.56. The molecule has 2 heteroatoms. The SMILES string of the molecule is Cc1cc(C)c(CC2CNCO2)c(C)c1. The molecule has 1 aromatic rings. The Morgan fingerprint density at radius 2 is 1.93 bits per heavy atom. The van der Waals surface area contributed by atoms with E-state index in [1.165, 1.54) is 22.3 Å². The molecule has 1 aromatic carbocycles. The molecular weight excluding hydrogens is 186 g/mol. The number of rotatable bonds is 2. The van der Waals surface area contributed by atoms with Crippen LogP contribution >= 0.6 is 0 Å². The molecule has 0 aliphatic carbocycles. The minimum absolute atomic E-state index is 0.352. The molecule has 2 rings (SSSR count). The van der Waals surface area contributed by atoms with Crippen LogP contribution in [0.2, 0.25) is 0 Å². The van der Waals surface area contributed by atoms with Crippen molar-refractivity contribution in [3.05, 3.63) is 34.4 Å². The van der Waals surface area contributed by atoms with Crippen LogP contribution in [-0.2, 0) is 11.2 Å². The Labute approximate surface area is 91.6 Å². The van der Waals surface area contributed by atoms with E-state index in [0.717, 1.165) is 13.0 Å². The summed E-state index contributed by atoms with van der Waals surface area (Å²) in [6.07, 6.45) is 1.38. The fourth-order valence-electron chi connectivity index (χ4n) is 2.35. The molecule has 0 amide bonds. The lowest BCUT2D eigenvalue weighted by atomic mass is 9.95. The zero-order chi connectivity index (χ0) is 10.8. The minimum Gasteiger partial charge on any atom is -0.361 e. The van der Waals surface area contributed by atoms with Crippen molar-refractivity contribution in [2.45, 2.75) is 33.3 Å². The van der Waals surface area contributed by atoms with E-state index in [9.17, 15) is 0 Å². The lowest BCUT2D eigenvalue weighted by Crippen LogP contribution is -2.17. The molecule has 1 saturated heterocycles. The lowest BCUT2D eigenvalue weighted by molar-refractivity contribution is 0.113. The molecule has 0 bridgehead atoms. The van der Waals surface area contributed by atoms with Crippen LogP contribution in [0.4, 0.5) is 0 Å². The fourth-order valence-corrected chi connectivity index (χ4v) is 2.35. The van der Waals surface area contributed by atoms with Gasteiger partial charge in [0.1, 0.15) is 0 Å². The molecular formula is C13H19NO. The van der Waals surface area contributed by atoms with E-state index in [2.05, 4.69) is 38.2 Å². The van der Waals surface area contributed by atoms with Crippen molar-refractivity contribution in [3.63, 3.8) is 0 Å². The number of hydrogen-bond donors (Lipinski definition) is 1. The number of aryl methyl sites for hydroxylation is 3. The number of hydrogen-bond acceptors (Lipinski definition) is 2. The first kappa shape index (κ1) is 10.7. The Balaban J connectivity index is 2.19. The third kappa shape index (κ3) is 2.39. The van der Waals surface area contributed by atoms with Gasteiger partial charge in [-0.1, -0.05) is 17.7 Å². The molecule has 0 aromatic heterocycles. The third-order valence-electron chi connectivity index (χ3n) is 3.07. The molecule has 15 heavy (non-hydrogen) atoms. The first-order valence-corrected chi connectivity index (χ1v) is 5.56. The fraction of sp³-hybridized carbons (Fsp3) is 0.538. The Morgan fingerprint density at radius 3 is 2.47 bits per heavy atom. The monoisotopic (exact) mass is 205 g/mol. The third-order valence-corrected chi connectivity index (χ3v) is 3.07. The Bertz CT molecular complexity index is 331. The molecule has 82 valence electrons. The Morgan fingerprint density at radius 1 is 1.27 bits per heavy atom. The maximum absolute atomic E-state index is 5.59. The van der Waals surface area contributed by atoms with E-state index in [1.807, 2.05) is 0 Å². The quantitative estimate of drug-likeness (QED) is 0.798. The highest BCUT2D eigenvalue weighted by atomic mass is 16.5. The van der Waals surface area contributed by atoms with Crippen LogP contribution in [0.5, 0.6) is 0 Å². The average molecular weight is 205 g/mol. The zero-order valence-electron chi connectivity index (χ0n) is 9.76. The summed E-state index contributed by atoms with van der Waals surface area (Å²) in [5.41, 5.74) is 5.58.